The number of halogens is 1. The van der Waals surface area contributed by atoms with Crippen LogP contribution in [0.2, 0.25) is 0 Å². The summed E-state index contributed by atoms with van der Waals surface area (Å²) in [6.45, 7) is 1.94. The van der Waals surface area contributed by atoms with E-state index >= 15 is 0 Å². The third-order valence-electron chi connectivity index (χ3n) is 5.07. The van der Waals surface area contributed by atoms with Crippen LogP contribution in [-0.4, -0.2) is 23.9 Å². The number of aryl methyl sites for hydroxylation is 1. The van der Waals surface area contributed by atoms with Crippen molar-refractivity contribution in [2.45, 2.75) is 13.5 Å². The SMILES string of the molecule is COc1cccc(/C=C2\N=C(c3ccc(C)c([N+](=O)[O-])c3)OC2=O)c1OCc1cccc(I)c1. The van der Waals surface area contributed by atoms with Gasteiger partial charge in [-0.05, 0) is 65.4 Å². The van der Waals surface area contributed by atoms with Crippen molar-refractivity contribution >= 4 is 46.2 Å². The van der Waals surface area contributed by atoms with Gasteiger partial charge in [-0.2, -0.15) is 0 Å². The number of carbonyl (C=O) groups is 1. The Morgan fingerprint density at radius 1 is 1.15 bits per heavy atom. The number of hydrogen-bond acceptors (Lipinski definition) is 7. The molecule has 9 heteroatoms. The lowest BCUT2D eigenvalue weighted by Crippen LogP contribution is -2.06. The van der Waals surface area contributed by atoms with E-state index < -0.39 is 10.9 Å². The van der Waals surface area contributed by atoms with Crippen molar-refractivity contribution in [2.24, 2.45) is 4.99 Å². The van der Waals surface area contributed by atoms with E-state index in [-0.39, 0.29) is 17.3 Å². The largest absolute Gasteiger partial charge is 0.493 e. The number of para-hydroxylation sites is 1. The third-order valence-corrected chi connectivity index (χ3v) is 5.74. The van der Waals surface area contributed by atoms with Gasteiger partial charge in [0.1, 0.15) is 6.61 Å². The van der Waals surface area contributed by atoms with Gasteiger partial charge in [0, 0.05) is 26.3 Å². The molecule has 0 unspecified atom stereocenters. The van der Waals surface area contributed by atoms with Crippen LogP contribution in [0, 0.1) is 20.6 Å². The van der Waals surface area contributed by atoms with Crippen LogP contribution in [0.5, 0.6) is 11.5 Å². The first-order chi connectivity index (χ1) is 16.4. The van der Waals surface area contributed by atoms with Crippen LogP contribution in [0.1, 0.15) is 22.3 Å². The van der Waals surface area contributed by atoms with Gasteiger partial charge >= 0.3 is 5.97 Å². The smallest absolute Gasteiger partial charge is 0.363 e. The summed E-state index contributed by atoms with van der Waals surface area (Å²) in [5, 5.41) is 11.3. The van der Waals surface area contributed by atoms with E-state index in [1.165, 1.54) is 13.2 Å². The number of carbonyl (C=O) groups excluding carboxylic acids is 1. The highest BCUT2D eigenvalue weighted by atomic mass is 127. The van der Waals surface area contributed by atoms with Crippen LogP contribution in [0.4, 0.5) is 5.69 Å². The molecule has 0 bridgehead atoms. The molecule has 0 atom stereocenters. The molecule has 1 aliphatic rings. The lowest BCUT2D eigenvalue weighted by molar-refractivity contribution is -0.385. The Hall–Kier alpha value is -3.73. The Labute approximate surface area is 209 Å². The predicted octanol–water partition coefficient (Wildman–Crippen LogP) is 5.44. The van der Waals surface area contributed by atoms with E-state index in [4.69, 9.17) is 14.2 Å². The van der Waals surface area contributed by atoms with Gasteiger partial charge in [0.05, 0.1) is 12.0 Å². The fourth-order valence-electron chi connectivity index (χ4n) is 3.36. The molecular weight excluding hydrogens is 551 g/mol. The number of esters is 1. The van der Waals surface area contributed by atoms with Crippen molar-refractivity contribution in [1.29, 1.82) is 0 Å². The Morgan fingerprint density at radius 2 is 1.94 bits per heavy atom. The number of hydrogen-bond donors (Lipinski definition) is 0. The van der Waals surface area contributed by atoms with E-state index in [1.807, 2.05) is 24.3 Å². The predicted molar refractivity (Wildman–Crippen MR) is 135 cm³/mol. The van der Waals surface area contributed by atoms with Gasteiger partial charge in [0.15, 0.2) is 17.2 Å². The second-order valence-corrected chi connectivity index (χ2v) is 8.64. The van der Waals surface area contributed by atoms with E-state index in [1.54, 1.807) is 43.3 Å². The maximum absolute atomic E-state index is 12.5. The molecular formula is C25H19IN2O6. The third kappa shape index (κ3) is 5.09. The number of cyclic esters (lactones) is 1. The van der Waals surface area contributed by atoms with E-state index in [0.717, 1.165) is 9.13 Å². The Kier molecular flexibility index (Phi) is 6.92. The average molecular weight is 570 g/mol. The second-order valence-electron chi connectivity index (χ2n) is 7.39. The number of nitrogens with zero attached hydrogens (tertiary/aromatic N) is 2. The minimum atomic E-state index is -0.662. The average Bonchev–Trinajstić information content (AvgIpc) is 3.18. The van der Waals surface area contributed by atoms with E-state index in [9.17, 15) is 14.9 Å². The Balaban J connectivity index is 1.67. The molecule has 1 heterocycles. The monoisotopic (exact) mass is 570 g/mol. The first-order valence-electron chi connectivity index (χ1n) is 10.2. The summed E-state index contributed by atoms with van der Waals surface area (Å²) in [5.41, 5.74) is 2.38. The van der Waals surface area contributed by atoms with Crippen LogP contribution in [0.3, 0.4) is 0 Å². The molecule has 0 radical (unpaired) electrons. The number of nitro groups is 1. The zero-order chi connectivity index (χ0) is 24.2. The molecule has 172 valence electrons. The molecule has 0 fully saturated rings. The molecule has 0 N–H and O–H groups in total. The summed E-state index contributed by atoms with van der Waals surface area (Å²) in [4.78, 5) is 27.6. The van der Waals surface area contributed by atoms with Crippen molar-refractivity contribution < 1.29 is 23.9 Å². The fraction of sp³-hybridized carbons (Fsp3) is 0.120. The Morgan fingerprint density at radius 3 is 2.68 bits per heavy atom. The van der Waals surface area contributed by atoms with Gasteiger partial charge in [0.2, 0.25) is 5.90 Å². The molecule has 0 saturated heterocycles. The van der Waals surface area contributed by atoms with Gasteiger partial charge in [-0.1, -0.05) is 30.3 Å². The number of nitro benzene ring substituents is 1. The van der Waals surface area contributed by atoms with Crippen LogP contribution >= 0.6 is 22.6 Å². The maximum Gasteiger partial charge on any atom is 0.363 e. The maximum atomic E-state index is 12.5. The Bertz CT molecular complexity index is 1350. The summed E-state index contributed by atoms with van der Waals surface area (Å²) >= 11 is 2.24. The van der Waals surface area contributed by atoms with Crippen LogP contribution in [0.15, 0.2) is 71.4 Å². The zero-order valence-corrected chi connectivity index (χ0v) is 20.4. The second kappa shape index (κ2) is 10.0. The number of aliphatic imine (C=N–C) groups is 1. The summed E-state index contributed by atoms with van der Waals surface area (Å²) < 4.78 is 17.9. The van der Waals surface area contributed by atoms with E-state index in [2.05, 4.69) is 27.6 Å². The van der Waals surface area contributed by atoms with Crippen LogP contribution in [0.25, 0.3) is 6.08 Å². The molecule has 34 heavy (non-hydrogen) atoms. The molecule has 0 amide bonds. The number of ether oxygens (including phenoxy) is 3. The van der Waals surface area contributed by atoms with E-state index in [0.29, 0.717) is 34.8 Å². The first-order valence-corrected chi connectivity index (χ1v) is 11.3. The van der Waals surface area contributed by atoms with Gasteiger partial charge in [0.25, 0.3) is 5.69 Å². The molecule has 0 spiro atoms. The summed E-state index contributed by atoms with van der Waals surface area (Å²) in [5.74, 6) is 0.302. The van der Waals surface area contributed by atoms with Crippen molar-refractivity contribution in [2.75, 3.05) is 7.11 Å². The minimum absolute atomic E-state index is 0.00331. The van der Waals surface area contributed by atoms with Crippen molar-refractivity contribution in [3.63, 3.8) is 0 Å². The van der Waals surface area contributed by atoms with Crippen LogP contribution < -0.4 is 9.47 Å². The van der Waals surface area contributed by atoms with Crippen LogP contribution in [-0.2, 0) is 16.1 Å². The quantitative estimate of drug-likeness (QED) is 0.123. The standard InChI is InChI=1S/C25H19IN2O6/c1-15-9-10-18(13-21(15)28(30)31)24-27-20(25(29)34-24)12-17-6-4-8-22(32-2)23(17)33-14-16-5-3-7-19(26)11-16/h3-13H,14H2,1-2H3/b20-12-. The number of methoxy groups -OCH3 is 1. The topological polar surface area (TPSA) is 100 Å². The van der Waals surface area contributed by atoms with Gasteiger partial charge in [-0.15, -0.1) is 0 Å². The fourth-order valence-corrected chi connectivity index (χ4v) is 3.97. The van der Waals surface area contributed by atoms with Gasteiger partial charge < -0.3 is 14.2 Å². The van der Waals surface area contributed by atoms with Gasteiger partial charge in [-0.25, -0.2) is 9.79 Å². The molecule has 3 aromatic rings. The lowest BCUT2D eigenvalue weighted by atomic mass is 10.1. The normalized spacial score (nSPS) is 14.0. The highest BCUT2D eigenvalue weighted by Crippen LogP contribution is 2.34. The number of rotatable bonds is 7. The number of benzene rings is 3. The lowest BCUT2D eigenvalue weighted by Gasteiger charge is -2.13. The first kappa shape index (κ1) is 23.4. The minimum Gasteiger partial charge on any atom is -0.493 e. The molecule has 4 rings (SSSR count). The summed E-state index contributed by atoms with van der Waals surface area (Å²) in [6.07, 6.45) is 1.55. The highest BCUT2D eigenvalue weighted by Gasteiger charge is 2.26. The molecule has 0 aliphatic carbocycles. The highest BCUT2D eigenvalue weighted by molar-refractivity contribution is 14.1. The molecule has 3 aromatic carbocycles. The molecule has 0 aromatic heterocycles. The molecule has 1 aliphatic heterocycles. The zero-order valence-electron chi connectivity index (χ0n) is 18.3. The summed E-state index contributed by atoms with van der Waals surface area (Å²) in [6, 6.07) is 17.8. The van der Waals surface area contributed by atoms with Crippen molar-refractivity contribution in [3.05, 3.63) is 102 Å². The molecule has 8 nitrogen and oxygen atoms in total. The summed E-state index contributed by atoms with van der Waals surface area (Å²) in [7, 11) is 1.54. The van der Waals surface area contributed by atoms with Gasteiger partial charge in [-0.3, -0.25) is 10.1 Å². The van der Waals surface area contributed by atoms with Crippen molar-refractivity contribution in [3.8, 4) is 11.5 Å². The molecule has 0 saturated carbocycles. The van der Waals surface area contributed by atoms with Crippen molar-refractivity contribution in [1.82, 2.24) is 0 Å².